The number of benzene rings is 1. The quantitative estimate of drug-likeness (QED) is 0.917. The average Bonchev–Trinajstić information content (AvgIpc) is 2.37. The zero-order chi connectivity index (χ0) is 15.8. The van der Waals surface area contributed by atoms with Gasteiger partial charge in [0.15, 0.2) is 4.90 Å². The summed E-state index contributed by atoms with van der Waals surface area (Å²) in [5.41, 5.74) is 0. The number of rotatable bonds is 3. The fourth-order valence-corrected chi connectivity index (χ4v) is 3.81. The van der Waals surface area contributed by atoms with Crippen LogP contribution >= 0.6 is 0 Å². The third-order valence-corrected chi connectivity index (χ3v) is 5.31. The van der Waals surface area contributed by atoms with Crippen LogP contribution in [0.5, 0.6) is 0 Å². The van der Waals surface area contributed by atoms with Gasteiger partial charge in [0.2, 0.25) is 10.0 Å². The van der Waals surface area contributed by atoms with E-state index in [2.05, 4.69) is 0 Å². The van der Waals surface area contributed by atoms with E-state index in [0.29, 0.717) is 12.1 Å². The summed E-state index contributed by atoms with van der Waals surface area (Å²) in [5, 5.41) is 8.83. The van der Waals surface area contributed by atoms with Gasteiger partial charge >= 0.3 is 5.97 Å². The zero-order valence-corrected chi connectivity index (χ0v) is 11.5. The number of hydrogen-bond donors (Lipinski definition) is 1. The number of aliphatic carboxylic acids is 1. The highest BCUT2D eigenvalue weighted by Crippen LogP contribution is 2.27. The summed E-state index contributed by atoms with van der Waals surface area (Å²) in [7, 11) is -4.47. The van der Waals surface area contributed by atoms with E-state index in [9.17, 15) is 26.4 Å². The maximum Gasteiger partial charge on any atom is 0.306 e. The van der Waals surface area contributed by atoms with Crippen LogP contribution in [0.15, 0.2) is 17.0 Å². The number of piperidine rings is 1. The molecule has 9 heteroatoms. The zero-order valence-electron chi connectivity index (χ0n) is 10.7. The van der Waals surface area contributed by atoms with Crippen molar-refractivity contribution in [1.82, 2.24) is 4.31 Å². The number of sulfonamides is 1. The lowest BCUT2D eigenvalue weighted by Gasteiger charge is -2.29. The third-order valence-electron chi connectivity index (χ3n) is 3.36. The third kappa shape index (κ3) is 3.03. The minimum absolute atomic E-state index is 0.0546. The van der Waals surface area contributed by atoms with Crippen LogP contribution < -0.4 is 0 Å². The first-order valence-corrected chi connectivity index (χ1v) is 7.55. The molecule has 1 saturated heterocycles. The highest BCUT2D eigenvalue weighted by Gasteiger charge is 2.35. The number of carbonyl (C=O) groups is 1. The summed E-state index contributed by atoms with van der Waals surface area (Å²) < 4.78 is 65.2. The molecule has 116 valence electrons. The molecule has 0 atom stereocenters. The standard InChI is InChI=1S/C12H12F3NO4S/c13-8-5-9(14)11(10(15)6-8)21(19,20)16-3-1-7(2-4-16)12(17)18/h5-7H,1-4H2,(H,17,18). The highest BCUT2D eigenvalue weighted by molar-refractivity contribution is 7.89. The van der Waals surface area contributed by atoms with E-state index in [1.54, 1.807) is 0 Å². The van der Waals surface area contributed by atoms with E-state index in [-0.39, 0.29) is 25.9 Å². The fraction of sp³-hybridized carbons (Fsp3) is 0.417. The second-order valence-electron chi connectivity index (χ2n) is 4.72. The molecule has 0 aromatic heterocycles. The van der Waals surface area contributed by atoms with Gasteiger partial charge in [-0.1, -0.05) is 0 Å². The summed E-state index contributed by atoms with van der Waals surface area (Å²) in [6.07, 6.45) is 0.109. The fourth-order valence-electron chi connectivity index (χ4n) is 2.25. The van der Waals surface area contributed by atoms with Crippen molar-refractivity contribution >= 4 is 16.0 Å². The predicted octanol–water partition coefficient (Wildman–Crippen LogP) is 1.59. The first-order chi connectivity index (χ1) is 9.73. The van der Waals surface area contributed by atoms with E-state index >= 15 is 0 Å². The lowest BCUT2D eigenvalue weighted by molar-refractivity contribution is -0.142. The Morgan fingerprint density at radius 1 is 1.14 bits per heavy atom. The van der Waals surface area contributed by atoms with Gasteiger partial charge in [-0.2, -0.15) is 4.31 Å². The Balaban J connectivity index is 2.30. The molecule has 1 aromatic carbocycles. The van der Waals surface area contributed by atoms with Crippen LogP contribution in [0, 0.1) is 23.4 Å². The van der Waals surface area contributed by atoms with Crippen molar-refractivity contribution in [3.05, 3.63) is 29.6 Å². The van der Waals surface area contributed by atoms with Crippen LogP contribution in [0.1, 0.15) is 12.8 Å². The van der Waals surface area contributed by atoms with Crippen LogP contribution in [0.4, 0.5) is 13.2 Å². The van der Waals surface area contributed by atoms with Crippen LogP contribution in [-0.4, -0.2) is 36.9 Å². The molecule has 1 heterocycles. The molecule has 1 aromatic rings. The first kappa shape index (κ1) is 15.8. The molecule has 0 aliphatic carbocycles. The number of hydrogen-bond acceptors (Lipinski definition) is 3. The second kappa shape index (κ2) is 5.64. The molecule has 0 amide bonds. The van der Waals surface area contributed by atoms with Crippen molar-refractivity contribution in [3.8, 4) is 0 Å². The van der Waals surface area contributed by atoms with Gasteiger partial charge in [0.1, 0.15) is 17.5 Å². The smallest absolute Gasteiger partial charge is 0.306 e. The molecule has 1 aliphatic heterocycles. The van der Waals surface area contributed by atoms with Crippen LogP contribution in [0.2, 0.25) is 0 Å². The minimum Gasteiger partial charge on any atom is -0.481 e. The molecule has 2 rings (SSSR count). The van der Waals surface area contributed by atoms with E-state index in [1.807, 2.05) is 0 Å². The van der Waals surface area contributed by atoms with Crippen molar-refractivity contribution in [2.75, 3.05) is 13.1 Å². The summed E-state index contributed by atoms with van der Waals surface area (Å²) in [6, 6.07) is 0.583. The maximum atomic E-state index is 13.6. The average molecular weight is 323 g/mol. The summed E-state index contributed by atoms with van der Waals surface area (Å²) in [6.45, 7) is -0.314. The molecule has 0 unspecified atom stereocenters. The summed E-state index contributed by atoms with van der Waals surface area (Å²) in [5.74, 6) is -5.94. The van der Waals surface area contributed by atoms with Gasteiger partial charge in [-0.25, -0.2) is 21.6 Å². The molecule has 5 nitrogen and oxygen atoms in total. The van der Waals surface area contributed by atoms with Crippen LogP contribution in [0.3, 0.4) is 0 Å². The van der Waals surface area contributed by atoms with E-state index in [4.69, 9.17) is 5.11 Å². The Hall–Kier alpha value is -1.61. The number of carboxylic acid groups (broad SMARTS) is 1. The van der Waals surface area contributed by atoms with Gasteiger partial charge in [-0.3, -0.25) is 4.79 Å². The number of carboxylic acids is 1. The van der Waals surface area contributed by atoms with Crippen molar-refractivity contribution < 1.29 is 31.5 Å². The Labute approximate surface area is 119 Å². The molecular formula is C12H12F3NO4S. The lowest BCUT2D eigenvalue weighted by atomic mass is 9.99. The Morgan fingerprint density at radius 2 is 1.62 bits per heavy atom. The molecule has 0 bridgehead atoms. The maximum absolute atomic E-state index is 13.6. The van der Waals surface area contributed by atoms with Gasteiger partial charge in [-0.15, -0.1) is 0 Å². The normalized spacial score (nSPS) is 17.9. The van der Waals surface area contributed by atoms with Gasteiger partial charge in [0.05, 0.1) is 5.92 Å². The molecule has 1 N–H and O–H groups in total. The topological polar surface area (TPSA) is 74.7 Å². The highest BCUT2D eigenvalue weighted by atomic mass is 32.2. The molecule has 0 saturated carbocycles. The minimum atomic E-state index is -4.47. The monoisotopic (exact) mass is 323 g/mol. The van der Waals surface area contributed by atoms with E-state index < -0.39 is 44.3 Å². The molecule has 21 heavy (non-hydrogen) atoms. The first-order valence-electron chi connectivity index (χ1n) is 6.11. The summed E-state index contributed by atoms with van der Waals surface area (Å²) >= 11 is 0. The Bertz CT molecular complexity index is 646. The summed E-state index contributed by atoms with van der Waals surface area (Å²) in [4.78, 5) is 9.59. The second-order valence-corrected chi connectivity index (χ2v) is 6.59. The lowest BCUT2D eigenvalue weighted by Crippen LogP contribution is -2.40. The van der Waals surface area contributed by atoms with E-state index in [0.717, 1.165) is 4.31 Å². The molecule has 1 aliphatic rings. The molecular weight excluding hydrogens is 311 g/mol. The van der Waals surface area contributed by atoms with Crippen LogP contribution in [-0.2, 0) is 14.8 Å². The van der Waals surface area contributed by atoms with Crippen molar-refractivity contribution in [2.24, 2.45) is 5.92 Å². The molecule has 0 radical (unpaired) electrons. The van der Waals surface area contributed by atoms with E-state index in [1.165, 1.54) is 0 Å². The van der Waals surface area contributed by atoms with Gasteiger partial charge in [-0.05, 0) is 12.8 Å². The number of halogens is 3. The SMILES string of the molecule is O=C(O)C1CCN(S(=O)(=O)c2c(F)cc(F)cc2F)CC1. The predicted molar refractivity (Wildman–Crippen MR) is 65.4 cm³/mol. The largest absolute Gasteiger partial charge is 0.481 e. The van der Waals surface area contributed by atoms with Crippen molar-refractivity contribution in [3.63, 3.8) is 0 Å². The van der Waals surface area contributed by atoms with Gasteiger partial charge < -0.3 is 5.11 Å². The van der Waals surface area contributed by atoms with Gasteiger partial charge in [0, 0.05) is 25.2 Å². The Morgan fingerprint density at radius 3 is 2.05 bits per heavy atom. The Kier molecular flexibility index (Phi) is 4.24. The van der Waals surface area contributed by atoms with Crippen molar-refractivity contribution in [1.29, 1.82) is 0 Å². The van der Waals surface area contributed by atoms with Gasteiger partial charge in [0.25, 0.3) is 0 Å². The van der Waals surface area contributed by atoms with Crippen LogP contribution in [0.25, 0.3) is 0 Å². The molecule has 1 fully saturated rings. The molecule has 0 spiro atoms. The van der Waals surface area contributed by atoms with Crippen molar-refractivity contribution in [2.45, 2.75) is 17.7 Å². The number of nitrogens with zero attached hydrogens (tertiary/aromatic N) is 1.